The molecule has 0 spiro atoms. The zero-order chi connectivity index (χ0) is 11.3. The van der Waals surface area contributed by atoms with Crippen molar-refractivity contribution in [3.8, 4) is 0 Å². The van der Waals surface area contributed by atoms with Crippen LogP contribution in [0.1, 0.15) is 12.5 Å². The summed E-state index contributed by atoms with van der Waals surface area (Å²) in [5.74, 6) is -0.0163. The zero-order valence-corrected chi connectivity index (χ0v) is 9.66. The Labute approximate surface area is 95.2 Å². The van der Waals surface area contributed by atoms with Gasteiger partial charge in [0.05, 0.1) is 0 Å². The minimum Gasteiger partial charge on any atom is -0.338 e. The first kappa shape index (κ1) is 11.8. The van der Waals surface area contributed by atoms with Gasteiger partial charge in [-0.05, 0) is 24.6 Å². The van der Waals surface area contributed by atoms with E-state index in [9.17, 15) is 4.79 Å². The Bertz CT molecular complexity index is 374. The van der Waals surface area contributed by atoms with Crippen molar-refractivity contribution < 1.29 is 4.79 Å². The van der Waals surface area contributed by atoms with Crippen LogP contribution in [0.15, 0.2) is 36.4 Å². The summed E-state index contributed by atoms with van der Waals surface area (Å²) in [6.07, 6.45) is 3.27. The SMILES string of the molecule is CC=CC(=O)N(C)Cc1ccccc1Cl. The number of carbonyl (C=O) groups is 1. The summed E-state index contributed by atoms with van der Waals surface area (Å²) in [7, 11) is 1.76. The minimum atomic E-state index is -0.0163. The van der Waals surface area contributed by atoms with Crippen molar-refractivity contribution in [1.82, 2.24) is 4.90 Å². The van der Waals surface area contributed by atoms with Crippen molar-refractivity contribution >= 4 is 17.5 Å². The first-order valence-electron chi connectivity index (χ1n) is 4.76. The Hall–Kier alpha value is -1.28. The molecule has 0 saturated carbocycles. The summed E-state index contributed by atoms with van der Waals surface area (Å²) in [6, 6.07) is 7.53. The number of carbonyl (C=O) groups excluding carboxylic acids is 1. The number of nitrogens with zero attached hydrogens (tertiary/aromatic N) is 1. The molecule has 15 heavy (non-hydrogen) atoms. The Balaban J connectivity index is 2.70. The maximum atomic E-state index is 11.5. The van der Waals surface area contributed by atoms with Crippen molar-refractivity contribution in [3.05, 3.63) is 47.0 Å². The lowest BCUT2D eigenvalue weighted by Crippen LogP contribution is -2.24. The van der Waals surface area contributed by atoms with Gasteiger partial charge >= 0.3 is 0 Å². The van der Waals surface area contributed by atoms with E-state index in [0.29, 0.717) is 11.6 Å². The molecule has 0 aromatic heterocycles. The lowest BCUT2D eigenvalue weighted by Gasteiger charge is -2.15. The predicted octanol–water partition coefficient (Wildman–Crippen LogP) is 2.87. The van der Waals surface area contributed by atoms with Crippen LogP contribution in [0, 0.1) is 0 Å². The van der Waals surface area contributed by atoms with Crippen LogP contribution in [-0.2, 0) is 11.3 Å². The topological polar surface area (TPSA) is 20.3 Å². The molecule has 0 unspecified atom stereocenters. The Morgan fingerprint density at radius 1 is 1.47 bits per heavy atom. The molecule has 0 atom stereocenters. The van der Waals surface area contributed by atoms with Crippen LogP contribution in [0.3, 0.4) is 0 Å². The van der Waals surface area contributed by atoms with E-state index in [1.165, 1.54) is 6.08 Å². The van der Waals surface area contributed by atoms with Crippen LogP contribution < -0.4 is 0 Å². The van der Waals surface area contributed by atoms with E-state index >= 15 is 0 Å². The van der Waals surface area contributed by atoms with E-state index in [1.54, 1.807) is 18.0 Å². The van der Waals surface area contributed by atoms with Gasteiger partial charge in [0.1, 0.15) is 0 Å². The molecule has 1 aromatic rings. The number of amides is 1. The number of hydrogen-bond donors (Lipinski definition) is 0. The summed E-state index contributed by atoms with van der Waals surface area (Å²) < 4.78 is 0. The highest BCUT2D eigenvalue weighted by Crippen LogP contribution is 2.16. The highest BCUT2D eigenvalue weighted by Gasteiger charge is 2.07. The molecule has 1 amide bonds. The van der Waals surface area contributed by atoms with Crippen LogP contribution in [0.4, 0.5) is 0 Å². The monoisotopic (exact) mass is 223 g/mol. The second kappa shape index (κ2) is 5.56. The van der Waals surface area contributed by atoms with Gasteiger partial charge in [-0.25, -0.2) is 0 Å². The second-order valence-corrected chi connectivity index (χ2v) is 3.69. The lowest BCUT2D eigenvalue weighted by atomic mass is 10.2. The third-order valence-electron chi connectivity index (χ3n) is 2.05. The first-order valence-corrected chi connectivity index (χ1v) is 5.14. The van der Waals surface area contributed by atoms with Crippen LogP contribution in [-0.4, -0.2) is 17.9 Å². The average Bonchev–Trinajstić information content (AvgIpc) is 2.21. The number of rotatable bonds is 3. The van der Waals surface area contributed by atoms with Crippen LogP contribution in [0.5, 0.6) is 0 Å². The Morgan fingerprint density at radius 3 is 2.73 bits per heavy atom. The molecule has 0 aliphatic rings. The molecule has 2 nitrogen and oxygen atoms in total. The molecule has 0 bridgehead atoms. The van der Waals surface area contributed by atoms with Gasteiger partial charge in [0.25, 0.3) is 0 Å². The van der Waals surface area contributed by atoms with E-state index in [2.05, 4.69) is 0 Å². The quantitative estimate of drug-likeness (QED) is 0.722. The molecule has 0 fully saturated rings. The van der Waals surface area contributed by atoms with Crippen molar-refractivity contribution in [2.24, 2.45) is 0 Å². The summed E-state index contributed by atoms with van der Waals surface area (Å²) in [4.78, 5) is 13.1. The molecule has 1 rings (SSSR count). The standard InChI is InChI=1S/C12H14ClNO/c1-3-6-12(15)14(2)9-10-7-4-5-8-11(10)13/h3-8H,9H2,1-2H3. The van der Waals surface area contributed by atoms with Crippen molar-refractivity contribution in [3.63, 3.8) is 0 Å². The van der Waals surface area contributed by atoms with E-state index in [4.69, 9.17) is 11.6 Å². The first-order chi connectivity index (χ1) is 7.15. The van der Waals surface area contributed by atoms with Crippen LogP contribution in [0.2, 0.25) is 5.02 Å². The summed E-state index contributed by atoms with van der Waals surface area (Å²) in [6.45, 7) is 2.35. The van der Waals surface area contributed by atoms with Crippen LogP contribution >= 0.6 is 11.6 Å². The van der Waals surface area contributed by atoms with Crippen molar-refractivity contribution in [1.29, 1.82) is 0 Å². The molecule has 0 aliphatic carbocycles. The second-order valence-electron chi connectivity index (χ2n) is 3.29. The summed E-state index contributed by atoms with van der Waals surface area (Å²) in [5.41, 5.74) is 0.958. The maximum absolute atomic E-state index is 11.5. The van der Waals surface area contributed by atoms with Gasteiger partial charge in [0.15, 0.2) is 0 Å². The zero-order valence-electron chi connectivity index (χ0n) is 8.90. The van der Waals surface area contributed by atoms with E-state index < -0.39 is 0 Å². The fraction of sp³-hybridized carbons (Fsp3) is 0.250. The van der Waals surface area contributed by atoms with Gasteiger partial charge in [-0.3, -0.25) is 4.79 Å². The summed E-state index contributed by atoms with van der Waals surface area (Å²) in [5, 5.41) is 0.692. The molecule has 0 radical (unpaired) electrons. The lowest BCUT2D eigenvalue weighted by molar-refractivity contribution is -0.125. The minimum absolute atomic E-state index is 0.0163. The van der Waals surface area contributed by atoms with Gasteiger partial charge < -0.3 is 4.90 Å². The Kier molecular flexibility index (Phi) is 4.37. The smallest absolute Gasteiger partial charge is 0.246 e. The molecule has 0 aliphatic heterocycles. The highest BCUT2D eigenvalue weighted by atomic mass is 35.5. The van der Waals surface area contributed by atoms with Crippen molar-refractivity contribution in [2.75, 3.05) is 7.05 Å². The molecular formula is C12H14ClNO. The van der Waals surface area contributed by atoms with Crippen molar-refractivity contribution in [2.45, 2.75) is 13.5 Å². The van der Waals surface area contributed by atoms with E-state index in [1.807, 2.05) is 31.2 Å². The van der Waals surface area contributed by atoms with Gasteiger partial charge in [-0.15, -0.1) is 0 Å². The molecule has 3 heteroatoms. The van der Waals surface area contributed by atoms with Gasteiger partial charge in [-0.1, -0.05) is 35.9 Å². The number of allylic oxidation sites excluding steroid dienone is 1. The summed E-state index contributed by atoms with van der Waals surface area (Å²) >= 11 is 5.99. The van der Waals surface area contributed by atoms with Gasteiger partial charge in [0, 0.05) is 18.6 Å². The number of likely N-dealkylation sites (N-methyl/N-ethyl adjacent to an activating group) is 1. The molecule has 0 heterocycles. The van der Waals surface area contributed by atoms with Gasteiger partial charge in [-0.2, -0.15) is 0 Å². The average molecular weight is 224 g/mol. The fourth-order valence-electron chi connectivity index (χ4n) is 1.23. The van der Waals surface area contributed by atoms with Gasteiger partial charge in [0.2, 0.25) is 5.91 Å². The number of benzene rings is 1. The molecule has 80 valence electrons. The fourth-order valence-corrected chi connectivity index (χ4v) is 1.43. The third-order valence-corrected chi connectivity index (χ3v) is 2.42. The molecule has 1 aromatic carbocycles. The van der Waals surface area contributed by atoms with E-state index in [0.717, 1.165) is 5.56 Å². The largest absolute Gasteiger partial charge is 0.338 e. The molecule has 0 N–H and O–H groups in total. The van der Waals surface area contributed by atoms with E-state index in [-0.39, 0.29) is 5.91 Å². The third kappa shape index (κ3) is 3.40. The highest BCUT2D eigenvalue weighted by molar-refractivity contribution is 6.31. The number of halogens is 1. The molecule has 0 saturated heterocycles. The van der Waals surface area contributed by atoms with Crippen LogP contribution in [0.25, 0.3) is 0 Å². The Morgan fingerprint density at radius 2 is 2.13 bits per heavy atom. The molecular weight excluding hydrogens is 210 g/mol. The normalized spacial score (nSPS) is 10.6. The predicted molar refractivity (Wildman–Crippen MR) is 62.7 cm³/mol. The maximum Gasteiger partial charge on any atom is 0.246 e. The number of hydrogen-bond acceptors (Lipinski definition) is 1.